The van der Waals surface area contributed by atoms with E-state index in [4.69, 9.17) is 9.72 Å². The minimum absolute atomic E-state index is 0.240. The molecule has 2 heterocycles. The Kier molecular flexibility index (Phi) is 6.35. The maximum absolute atomic E-state index is 11.7. The minimum atomic E-state index is -0.240. The summed E-state index contributed by atoms with van der Waals surface area (Å²) in [6.45, 7) is 0. The van der Waals surface area contributed by atoms with E-state index >= 15 is 0 Å². The van der Waals surface area contributed by atoms with E-state index in [-0.39, 0.29) is 5.91 Å². The highest BCUT2D eigenvalue weighted by molar-refractivity contribution is 7.18. The summed E-state index contributed by atoms with van der Waals surface area (Å²) in [4.78, 5) is 20.6. The first kappa shape index (κ1) is 20.0. The third-order valence-corrected chi connectivity index (χ3v) is 5.86. The van der Waals surface area contributed by atoms with Crippen LogP contribution in [0, 0.1) is 0 Å². The van der Waals surface area contributed by atoms with Crippen molar-refractivity contribution in [3.8, 4) is 11.5 Å². The van der Waals surface area contributed by atoms with E-state index in [1.165, 1.54) is 5.56 Å². The van der Waals surface area contributed by atoms with Gasteiger partial charge in [-0.25, -0.2) is 4.98 Å². The first-order valence-electron chi connectivity index (χ1n) is 10.0. The maximum Gasteiger partial charge on any atom is 0.269 e. The van der Waals surface area contributed by atoms with Gasteiger partial charge in [-0.2, -0.15) is 0 Å². The van der Waals surface area contributed by atoms with Crippen LogP contribution in [0.5, 0.6) is 11.5 Å². The number of ether oxygens (including phenoxy) is 1. The number of benzene rings is 2. The van der Waals surface area contributed by atoms with Gasteiger partial charge in [0.25, 0.3) is 5.91 Å². The molecule has 0 saturated heterocycles. The molecule has 4 rings (SSSR count). The number of hydrogen-bond acceptors (Lipinski definition) is 5. The third-order valence-electron chi connectivity index (χ3n) is 4.78. The molecule has 0 unspecified atom stereocenters. The number of nitrogens with zero attached hydrogens (tertiary/aromatic N) is 2. The number of thiazole rings is 1. The number of aromatic nitrogens is 2. The normalized spacial score (nSPS) is 10.8. The Morgan fingerprint density at radius 3 is 2.63 bits per heavy atom. The topological polar surface area (TPSA) is 64.1 Å². The van der Waals surface area contributed by atoms with Crippen LogP contribution in [0.1, 0.15) is 33.9 Å². The highest BCUT2D eigenvalue weighted by Crippen LogP contribution is 2.30. The van der Waals surface area contributed by atoms with Crippen LogP contribution in [0.4, 0.5) is 0 Å². The second-order valence-corrected chi connectivity index (χ2v) is 8.10. The molecule has 2 aromatic carbocycles. The third kappa shape index (κ3) is 5.02. The van der Waals surface area contributed by atoms with Crippen molar-refractivity contribution >= 4 is 27.5 Å². The smallest absolute Gasteiger partial charge is 0.269 e. The molecule has 0 aliphatic carbocycles. The zero-order valence-electron chi connectivity index (χ0n) is 16.8. The van der Waals surface area contributed by atoms with Crippen molar-refractivity contribution in [2.75, 3.05) is 7.05 Å². The molecule has 0 fully saturated rings. The van der Waals surface area contributed by atoms with Crippen molar-refractivity contribution in [1.82, 2.24) is 15.3 Å². The fraction of sp³-hybridized carbons (Fsp3) is 0.208. The molecular weight excluding hydrogens is 394 g/mol. The summed E-state index contributed by atoms with van der Waals surface area (Å²) in [5.74, 6) is 1.06. The lowest BCUT2D eigenvalue weighted by molar-refractivity contribution is 0.0958. The molecule has 0 spiro atoms. The summed E-state index contributed by atoms with van der Waals surface area (Å²) in [5.41, 5.74) is 2.71. The number of aryl methyl sites for hydroxylation is 2. The van der Waals surface area contributed by atoms with Gasteiger partial charge in [0, 0.05) is 25.4 Å². The van der Waals surface area contributed by atoms with E-state index in [9.17, 15) is 4.79 Å². The van der Waals surface area contributed by atoms with Crippen molar-refractivity contribution in [2.45, 2.75) is 25.7 Å². The molecule has 0 radical (unpaired) electrons. The Morgan fingerprint density at radius 2 is 1.80 bits per heavy atom. The number of hydrogen-bond donors (Lipinski definition) is 1. The second kappa shape index (κ2) is 9.50. The van der Waals surface area contributed by atoms with Crippen LogP contribution in [0.15, 0.2) is 66.9 Å². The van der Waals surface area contributed by atoms with Crippen LogP contribution in [0.2, 0.25) is 0 Å². The Bertz CT molecular complexity index is 1140. The predicted octanol–water partition coefficient (Wildman–Crippen LogP) is 5.41. The van der Waals surface area contributed by atoms with Gasteiger partial charge in [-0.15, -0.1) is 11.3 Å². The average molecular weight is 418 g/mol. The van der Waals surface area contributed by atoms with Gasteiger partial charge >= 0.3 is 0 Å². The van der Waals surface area contributed by atoms with Crippen LogP contribution in [0.25, 0.3) is 10.2 Å². The summed E-state index contributed by atoms with van der Waals surface area (Å²) < 4.78 is 7.04. The molecule has 4 aromatic rings. The van der Waals surface area contributed by atoms with Crippen molar-refractivity contribution < 1.29 is 9.53 Å². The van der Waals surface area contributed by atoms with E-state index in [2.05, 4.69) is 40.6 Å². The minimum Gasteiger partial charge on any atom is -0.457 e. The molecule has 0 bridgehead atoms. The number of unbranched alkanes of at least 4 members (excludes halogenated alkanes) is 1. The van der Waals surface area contributed by atoms with Crippen LogP contribution in [-0.2, 0) is 12.8 Å². The van der Waals surface area contributed by atoms with E-state index in [1.807, 2.05) is 18.2 Å². The Morgan fingerprint density at radius 1 is 1.00 bits per heavy atom. The van der Waals surface area contributed by atoms with E-state index in [1.54, 1.807) is 36.7 Å². The number of rotatable bonds is 8. The van der Waals surface area contributed by atoms with Crippen LogP contribution in [-0.4, -0.2) is 22.9 Å². The molecule has 152 valence electrons. The van der Waals surface area contributed by atoms with Gasteiger partial charge in [0.15, 0.2) is 0 Å². The van der Waals surface area contributed by atoms with Crippen LogP contribution >= 0.6 is 11.3 Å². The molecule has 5 nitrogen and oxygen atoms in total. The zero-order valence-corrected chi connectivity index (χ0v) is 17.6. The van der Waals surface area contributed by atoms with Crippen LogP contribution < -0.4 is 10.1 Å². The number of amides is 1. The standard InChI is InChI=1S/C24H23N3O2S/c1-25-24(28)21-15-19(13-14-26-21)29-18-11-12-20-22(16-18)30-23(27-20)10-6-5-9-17-7-3-2-4-8-17/h2-4,7-8,11-16H,5-6,9-10H2,1H3,(H,25,28). The number of fused-ring (bicyclic) bond motifs is 1. The molecule has 0 atom stereocenters. The van der Waals surface area contributed by atoms with Gasteiger partial charge < -0.3 is 10.1 Å². The Hall–Kier alpha value is -3.25. The Labute approximate surface area is 179 Å². The summed E-state index contributed by atoms with van der Waals surface area (Å²) >= 11 is 1.71. The van der Waals surface area contributed by atoms with Crippen molar-refractivity contribution in [2.24, 2.45) is 0 Å². The summed E-state index contributed by atoms with van der Waals surface area (Å²) in [6, 6.07) is 19.9. The number of nitrogens with one attached hydrogen (secondary N) is 1. The predicted molar refractivity (Wildman–Crippen MR) is 120 cm³/mol. The summed E-state index contributed by atoms with van der Waals surface area (Å²) in [6.07, 6.45) is 5.94. The Balaban J connectivity index is 1.38. The maximum atomic E-state index is 11.7. The first-order valence-corrected chi connectivity index (χ1v) is 10.8. The zero-order chi connectivity index (χ0) is 20.8. The SMILES string of the molecule is CNC(=O)c1cc(Oc2ccc3nc(CCCCc4ccccc4)sc3c2)ccn1. The molecule has 1 amide bonds. The molecule has 0 aliphatic rings. The van der Waals surface area contributed by atoms with Crippen LogP contribution in [0.3, 0.4) is 0 Å². The van der Waals surface area contributed by atoms with Gasteiger partial charge in [-0.1, -0.05) is 30.3 Å². The summed E-state index contributed by atoms with van der Waals surface area (Å²) in [7, 11) is 1.58. The average Bonchev–Trinajstić information content (AvgIpc) is 3.19. The quantitative estimate of drug-likeness (QED) is 0.389. The number of carbonyl (C=O) groups is 1. The lowest BCUT2D eigenvalue weighted by Gasteiger charge is -2.06. The molecule has 0 aliphatic heterocycles. The van der Waals surface area contributed by atoms with E-state index < -0.39 is 0 Å². The highest BCUT2D eigenvalue weighted by Gasteiger charge is 2.09. The van der Waals surface area contributed by atoms with Crippen molar-refractivity contribution in [3.05, 3.63) is 83.1 Å². The fourth-order valence-corrected chi connectivity index (χ4v) is 4.27. The largest absolute Gasteiger partial charge is 0.457 e. The van der Waals surface area contributed by atoms with E-state index in [0.717, 1.165) is 46.7 Å². The lowest BCUT2D eigenvalue weighted by atomic mass is 10.1. The van der Waals surface area contributed by atoms with Crippen molar-refractivity contribution in [3.63, 3.8) is 0 Å². The number of pyridine rings is 1. The molecule has 0 saturated carbocycles. The highest BCUT2D eigenvalue weighted by atomic mass is 32.1. The molecule has 6 heteroatoms. The van der Waals surface area contributed by atoms with Gasteiger partial charge in [-0.3, -0.25) is 9.78 Å². The lowest BCUT2D eigenvalue weighted by Crippen LogP contribution is -2.18. The monoisotopic (exact) mass is 417 g/mol. The van der Waals surface area contributed by atoms with Gasteiger partial charge in [0.05, 0.1) is 15.2 Å². The second-order valence-electron chi connectivity index (χ2n) is 6.99. The summed E-state index contributed by atoms with van der Waals surface area (Å²) in [5, 5.41) is 3.72. The first-order chi connectivity index (χ1) is 14.7. The van der Waals surface area contributed by atoms with Gasteiger partial charge in [0.1, 0.15) is 17.2 Å². The van der Waals surface area contributed by atoms with Gasteiger partial charge in [0.2, 0.25) is 0 Å². The molecular formula is C24H23N3O2S. The van der Waals surface area contributed by atoms with Gasteiger partial charge in [-0.05, 0) is 49.4 Å². The number of carbonyl (C=O) groups excluding carboxylic acids is 1. The fourth-order valence-electron chi connectivity index (χ4n) is 3.24. The van der Waals surface area contributed by atoms with Crippen molar-refractivity contribution in [1.29, 1.82) is 0 Å². The molecule has 2 aromatic heterocycles. The molecule has 30 heavy (non-hydrogen) atoms. The molecule has 1 N–H and O–H groups in total. The van der Waals surface area contributed by atoms with E-state index in [0.29, 0.717) is 11.4 Å².